The predicted molar refractivity (Wildman–Crippen MR) is 90.0 cm³/mol. The molecular weight excluding hydrogens is 338 g/mol. The molecule has 2 heterocycles. The molecule has 0 bridgehead atoms. The van der Waals surface area contributed by atoms with E-state index in [1.165, 1.54) is 12.3 Å². The highest BCUT2D eigenvalue weighted by Gasteiger charge is 2.23. The van der Waals surface area contributed by atoms with Crippen LogP contribution in [0.25, 0.3) is 0 Å². The fraction of sp³-hybridized carbons (Fsp3) is 0.267. The van der Waals surface area contributed by atoms with Crippen LogP contribution in [0.1, 0.15) is 5.56 Å². The van der Waals surface area contributed by atoms with Crippen molar-refractivity contribution < 1.29 is 13.2 Å². The lowest BCUT2D eigenvalue weighted by Gasteiger charge is -2.28. The van der Waals surface area contributed by atoms with Gasteiger partial charge in [-0.15, -0.1) is 0 Å². The zero-order valence-electron chi connectivity index (χ0n) is 12.7. The Morgan fingerprint density at radius 1 is 1.35 bits per heavy atom. The molecule has 0 amide bonds. The second kappa shape index (κ2) is 5.90. The number of benzene rings is 1. The number of rotatable bonds is 3. The topological polar surface area (TPSA) is 71.5 Å². The Bertz CT molecular complexity index is 838. The summed E-state index contributed by atoms with van der Waals surface area (Å²) in [5, 5.41) is 0.439. The first-order valence-corrected chi connectivity index (χ1v) is 8.86. The van der Waals surface area contributed by atoms with Crippen molar-refractivity contribution in [1.82, 2.24) is 4.98 Å². The Balaban J connectivity index is 1.98. The molecule has 6 nitrogen and oxygen atoms in total. The number of aryl methyl sites for hydroxylation is 1. The number of nitrogens with one attached hydrogen (secondary N) is 1. The molecule has 1 aliphatic heterocycles. The molecule has 0 saturated carbocycles. The smallest absolute Gasteiger partial charge is 0.263 e. The van der Waals surface area contributed by atoms with E-state index >= 15 is 0 Å². The molecule has 2 aromatic rings. The third-order valence-corrected chi connectivity index (χ3v) is 5.33. The summed E-state index contributed by atoms with van der Waals surface area (Å²) in [6, 6.07) is 6.46. The summed E-state index contributed by atoms with van der Waals surface area (Å²) in [5.41, 5.74) is 1.53. The highest BCUT2D eigenvalue weighted by molar-refractivity contribution is 7.92. The van der Waals surface area contributed by atoms with Crippen molar-refractivity contribution in [2.24, 2.45) is 0 Å². The van der Waals surface area contributed by atoms with Crippen LogP contribution in [0.15, 0.2) is 35.4 Å². The predicted octanol–water partition coefficient (Wildman–Crippen LogP) is 2.67. The third kappa shape index (κ3) is 3.20. The van der Waals surface area contributed by atoms with Crippen LogP contribution in [0.3, 0.4) is 0 Å². The van der Waals surface area contributed by atoms with E-state index < -0.39 is 10.0 Å². The van der Waals surface area contributed by atoms with E-state index in [4.69, 9.17) is 16.3 Å². The van der Waals surface area contributed by atoms with Crippen LogP contribution < -0.4 is 14.4 Å². The largest absolute Gasteiger partial charge is 0.490 e. The van der Waals surface area contributed by atoms with Gasteiger partial charge in [0.1, 0.15) is 18.2 Å². The van der Waals surface area contributed by atoms with E-state index in [0.717, 1.165) is 12.2 Å². The molecule has 23 heavy (non-hydrogen) atoms. The molecule has 0 saturated heterocycles. The van der Waals surface area contributed by atoms with Gasteiger partial charge >= 0.3 is 0 Å². The maximum Gasteiger partial charge on any atom is 0.263 e. The van der Waals surface area contributed by atoms with Gasteiger partial charge in [0.25, 0.3) is 10.0 Å². The number of likely N-dealkylation sites (N-methyl/N-ethyl adjacent to an activating group) is 1. The molecule has 0 fully saturated rings. The van der Waals surface area contributed by atoms with Crippen LogP contribution in [0.5, 0.6) is 5.75 Å². The monoisotopic (exact) mass is 353 g/mol. The zero-order valence-corrected chi connectivity index (χ0v) is 14.3. The van der Waals surface area contributed by atoms with Crippen molar-refractivity contribution in [3.05, 3.63) is 41.0 Å². The molecule has 1 aliphatic rings. The standard InChI is InChI=1S/C15H16ClN3O3S/c1-10-7-12-13(22-6-5-19(12)2)8-14(10)23(20,21)18-15-4-3-11(16)9-17-15/h3-4,7-9H,5-6H2,1-2H3,(H,17,18). The number of anilines is 2. The summed E-state index contributed by atoms with van der Waals surface area (Å²) in [6.45, 7) is 3.05. The van der Waals surface area contributed by atoms with Crippen LogP contribution in [0.2, 0.25) is 5.02 Å². The molecule has 3 rings (SSSR count). The minimum Gasteiger partial charge on any atom is -0.490 e. The van der Waals surface area contributed by atoms with Gasteiger partial charge in [0.05, 0.1) is 22.2 Å². The number of sulfonamides is 1. The normalized spacial score (nSPS) is 14.1. The first-order chi connectivity index (χ1) is 10.9. The molecule has 8 heteroatoms. The minimum absolute atomic E-state index is 0.170. The van der Waals surface area contributed by atoms with Crippen LogP contribution in [-0.4, -0.2) is 33.6 Å². The lowest BCUT2D eigenvalue weighted by Crippen LogP contribution is -2.29. The molecule has 122 valence electrons. The van der Waals surface area contributed by atoms with E-state index in [-0.39, 0.29) is 10.7 Å². The fourth-order valence-electron chi connectivity index (χ4n) is 2.40. The van der Waals surface area contributed by atoms with Crippen molar-refractivity contribution in [3.8, 4) is 5.75 Å². The van der Waals surface area contributed by atoms with Crippen LogP contribution in [0.4, 0.5) is 11.5 Å². The van der Waals surface area contributed by atoms with E-state index in [1.54, 1.807) is 19.1 Å². The third-order valence-electron chi connectivity index (χ3n) is 3.61. The maximum absolute atomic E-state index is 12.6. The lowest BCUT2D eigenvalue weighted by atomic mass is 10.2. The number of halogens is 1. The van der Waals surface area contributed by atoms with Crippen molar-refractivity contribution in [3.63, 3.8) is 0 Å². The molecule has 0 radical (unpaired) electrons. The molecule has 0 aliphatic carbocycles. The molecular formula is C15H16ClN3O3S. The summed E-state index contributed by atoms with van der Waals surface area (Å²) in [6.07, 6.45) is 1.39. The summed E-state index contributed by atoms with van der Waals surface area (Å²) in [5.74, 6) is 0.776. The first-order valence-electron chi connectivity index (χ1n) is 7.00. The molecule has 0 atom stereocenters. The highest BCUT2D eigenvalue weighted by atomic mass is 35.5. The van der Waals surface area contributed by atoms with Crippen molar-refractivity contribution >= 4 is 33.1 Å². The summed E-state index contributed by atoms with van der Waals surface area (Å²) in [7, 11) is -1.81. The van der Waals surface area contributed by atoms with Gasteiger partial charge in [0.15, 0.2) is 0 Å². The Labute approximate surface area is 140 Å². The van der Waals surface area contributed by atoms with Gasteiger partial charge in [0, 0.05) is 19.3 Å². The number of pyridine rings is 1. The maximum atomic E-state index is 12.6. The Kier molecular flexibility index (Phi) is 4.08. The Morgan fingerprint density at radius 3 is 2.83 bits per heavy atom. The van der Waals surface area contributed by atoms with Crippen molar-refractivity contribution in [2.45, 2.75) is 11.8 Å². The van der Waals surface area contributed by atoms with Gasteiger partial charge in [-0.3, -0.25) is 4.72 Å². The number of hydrogen-bond donors (Lipinski definition) is 1. The van der Waals surface area contributed by atoms with Crippen molar-refractivity contribution in [2.75, 3.05) is 29.8 Å². The lowest BCUT2D eigenvalue weighted by molar-refractivity contribution is 0.310. The summed E-state index contributed by atoms with van der Waals surface area (Å²) in [4.78, 5) is 6.16. The Hall–Kier alpha value is -1.99. The highest BCUT2D eigenvalue weighted by Crippen LogP contribution is 2.35. The van der Waals surface area contributed by atoms with E-state index in [2.05, 4.69) is 9.71 Å². The molecule has 1 aromatic carbocycles. The second-order valence-corrected chi connectivity index (χ2v) is 7.41. The van der Waals surface area contributed by atoms with E-state index in [9.17, 15) is 8.42 Å². The SMILES string of the molecule is Cc1cc2c(cc1S(=O)(=O)Nc1ccc(Cl)cn1)OCCN2C. The first kappa shape index (κ1) is 15.9. The number of nitrogens with zero attached hydrogens (tertiary/aromatic N) is 2. The van der Waals surface area contributed by atoms with Crippen LogP contribution in [-0.2, 0) is 10.0 Å². The van der Waals surface area contributed by atoms with Gasteiger partial charge in [-0.05, 0) is 30.7 Å². The average Bonchev–Trinajstić information content (AvgIpc) is 2.50. The molecule has 0 unspecified atom stereocenters. The fourth-order valence-corrected chi connectivity index (χ4v) is 3.76. The molecule has 1 aromatic heterocycles. The van der Waals surface area contributed by atoms with E-state index in [0.29, 0.717) is 22.9 Å². The minimum atomic E-state index is -3.76. The molecule has 1 N–H and O–H groups in total. The Morgan fingerprint density at radius 2 is 2.13 bits per heavy atom. The van der Waals surface area contributed by atoms with Crippen LogP contribution >= 0.6 is 11.6 Å². The quantitative estimate of drug-likeness (QED) is 0.918. The number of fused-ring (bicyclic) bond motifs is 1. The molecule has 0 spiro atoms. The summed E-state index contributed by atoms with van der Waals surface area (Å²) < 4.78 is 33.3. The summed E-state index contributed by atoms with van der Waals surface area (Å²) >= 11 is 5.76. The van der Waals surface area contributed by atoms with Gasteiger partial charge in [-0.25, -0.2) is 13.4 Å². The van der Waals surface area contributed by atoms with Crippen LogP contribution in [0, 0.1) is 6.92 Å². The van der Waals surface area contributed by atoms with Gasteiger partial charge < -0.3 is 9.64 Å². The number of hydrogen-bond acceptors (Lipinski definition) is 5. The zero-order chi connectivity index (χ0) is 16.6. The number of aromatic nitrogens is 1. The van der Waals surface area contributed by atoms with Gasteiger partial charge in [-0.1, -0.05) is 11.6 Å². The second-order valence-electron chi connectivity index (χ2n) is 5.32. The average molecular weight is 354 g/mol. The number of ether oxygens (including phenoxy) is 1. The van der Waals surface area contributed by atoms with Crippen molar-refractivity contribution in [1.29, 1.82) is 0 Å². The van der Waals surface area contributed by atoms with E-state index in [1.807, 2.05) is 18.0 Å². The van der Waals surface area contributed by atoms with Gasteiger partial charge in [0.2, 0.25) is 0 Å². The van der Waals surface area contributed by atoms with Gasteiger partial charge in [-0.2, -0.15) is 0 Å².